The van der Waals surface area contributed by atoms with Crippen molar-refractivity contribution < 1.29 is 4.79 Å². The van der Waals surface area contributed by atoms with E-state index < -0.39 is 0 Å². The smallest absolute Gasteiger partial charge is 0.227 e. The number of amides is 1. The predicted octanol–water partition coefficient (Wildman–Crippen LogP) is 7.65. The van der Waals surface area contributed by atoms with Gasteiger partial charge >= 0.3 is 0 Å². The first-order valence-electron chi connectivity index (χ1n) is 13.6. The molecule has 2 aromatic carbocycles. The van der Waals surface area contributed by atoms with E-state index in [1.807, 2.05) is 4.90 Å². The molecule has 1 atom stereocenters. The van der Waals surface area contributed by atoms with Crippen molar-refractivity contribution in [2.24, 2.45) is 0 Å². The Labute approximate surface area is 205 Å². The molecule has 0 bridgehead atoms. The van der Waals surface area contributed by atoms with Gasteiger partial charge < -0.3 is 9.47 Å². The summed E-state index contributed by atoms with van der Waals surface area (Å²) in [6.45, 7) is 6.19. The Morgan fingerprint density at radius 2 is 1.56 bits per heavy atom. The molecule has 182 valence electrons. The Kier molecular flexibility index (Phi) is 8.79. The lowest BCUT2D eigenvalue weighted by Crippen LogP contribution is -2.24. The number of hydrogen-bond donors (Lipinski definition) is 0. The van der Waals surface area contributed by atoms with E-state index in [-0.39, 0.29) is 11.8 Å². The second kappa shape index (κ2) is 12.2. The number of aromatic nitrogens is 2. The first-order chi connectivity index (χ1) is 16.7. The average molecular weight is 460 g/mol. The van der Waals surface area contributed by atoms with Crippen molar-refractivity contribution in [1.29, 1.82) is 0 Å². The highest BCUT2D eigenvalue weighted by atomic mass is 16.2. The number of carbonyl (C=O) groups excluding carboxylic acids is 1. The maximum atomic E-state index is 13.0. The molecule has 1 fully saturated rings. The van der Waals surface area contributed by atoms with Gasteiger partial charge in [0.15, 0.2) is 0 Å². The minimum atomic E-state index is 0.143. The lowest BCUT2D eigenvalue weighted by atomic mass is 10.1. The van der Waals surface area contributed by atoms with Crippen molar-refractivity contribution in [1.82, 2.24) is 9.55 Å². The number of nitrogens with zero attached hydrogens (tertiary/aromatic N) is 3. The standard InChI is InChI=1S/C30H41N3O/c1-3-5-7-8-9-10-13-21-32-28-16-12-11-15-27(28)31-30(32)25-22-29(34)33(23-25)26-19-17-24(18-20-26)14-6-4-2/h11-12,15-20,25H,3-10,13-14,21-23H2,1-2H3. The third-order valence-corrected chi connectivity index (χ3v) is 7.23. The Hall–Kier alpha value is -2.62. The molecule has 4 rings (SSSR count). The Morgan fingerprint density at radius 3 is 2.32 bits per heavy atom. The quantitative estimate of drug-likeness (QED) is 0.246. The fourth-order valence-corrected chi connectivity index (χ4v) is 5.22. The minimum Gasteiger partial charge on any atom is -0.328 e. The summed E-state index contributed by atoms with van der Waals surface area (Å²) in [4.78, 5) is 20.0. The molecule has 1 saturated heterocycles. The average Bonchev–Trinajstić information content (AvgIpc) is 3.43. The zero-order valence-corrected chi connectivity index (χ0v) is 21.1. The summed E-state index contributed by atoms with van der Waals surface area (Å²) in [6.07, 6.45) is 13.1. The van der Waals surface area contributed by atoms with Gasteiger partial charge in [0.25, 0.3) is 0 Å². The van der Waals surface area contributed by atoms with Gasteiger partial charge in [0.1, 0.15) is 5.82 Å². The predicted molar refractivity (Wildman–Crippen MR) is 142 cm³/mol. The summed E-state index contributed by atoms with van der Waals surface area (Å²) in [5, 5.41) is 0. The van der Waals surface area contributed by atoms with E-state index in [4.69, 9.17) is 4.98 Å². The summed E-state index contributed by atoms with van der Waals surface area (Å²) in [6, 6.07) is 17.0. The molecule has 1 aromatic heterocycles. The zero-order chi connectivity index (χ0) is 23.8. The van der Waals surface area contributed by atoms with Gasteiger partial charge in [-0.15, -0.1) is 0 Å². The highest BCUT2D eigenvalue weighted by Gasteiger charge is 2.34. The van der Waals surface area contributed by atoms with Crippen molar-refractivity contribution in [2.75, 3.05) is 11.4 Å². The number of anilines is 1. The molecule has 0 N–H and O–H groups in total. The van der Waals surface area contributed by atoms with Crippen LogP contribution in [0.3, 0.4) is 0 Å². The van der Waals surface area contributed by atoms with E-state index in [2.05, 4.69) is 66.9 Å². The van der Waals surface area contributed by atoms with Crippen LogP contribution in [0.2, 0.25) is 0 Å². The van der Waals surface area contributed by atoms with Gasteiger partial charge in [-0.25, -0.2) is 4.98 Å². The van der Waals surface area contributed by atoms with Crippen molar-refractivity contribution in [2.45, 2.75) is 96.9 Å². The third kappa shape index (κ3) is 5.89. The first kappa shape index (κ1) is 24.5. The molecule has 0 spiro atoms. The lowest BCUT2D eigenvalue weighted by molar-refractivity contribution is -0.117. The molecule has 3 aromatic rings. The van der Waals surface area contributed by atoms with Crippen LogP contribution >= 0.6 is 0 Å². The SMILES string of the molecule is CCCCCCCCCn1c(C2CC(=O)N(c3ccc(CCCC)cc3)C2)nc2ccccc21. The van der Waals surface area contributed by atoms with E-state index in [0.717, 1.165) is 30.0 Å². The fourth-order valence-electron chi connectivity index (χ4n) is 5.22. The molecule has 1 aliphatic rings. The molecule has 2 heterocycles. The molecule has 1 aliphatic heterocycles. The van der Waals surface area contributed by atoms with Gasteiger partial charge in [0, 0.05) is 31.1 Å². The van der Waals surface area contributed by atoms with Crippen molar-refractivity contribution >= 4 is 22.6 Å². The number of hydrogen-bond acceptors (Lipinski definition) is 2. The van der Waals surface area contributed by atoms with E-state index >= 15 is 0 Å². The van der Waals surface area contributed by atoms with Crippen LogP contribution in [0.25, 0.3) is 11.0 Å². The number of carbonyl (C=O) groups is 1. The number of imidazole rings is 1. The van der Waals surface area contributed by atoms with Gasteiger partial charge in [-0.2, -0.15) is 0 Å². The Balaban J connectivity index is 1.45. The van der Waals surface area contributed by atoms with Crippen LogP contribution in [0.5, 0.6) is 0 Å². The Bertz CT molecular complexity index is 1050. The minimum absolute atomic E-state index is 0.143. The maximum absolute atomic E-state index is 13.0. The van der Waals surface area contributed by atoms with Crippen LogP contribution in [-0.4, -0.2) is 22.0 Å². The number of unbranched alkanes of at least 4 members (excludes halogenated alkanes) is 7. The van der Waals surface area contributed by atoms with Gasteiger partial charge in [-0.1, -0.05) is 83.1 Å². The third-order valence-electron chi connectivity index (χ3n) is 7.23. The van der Waals surface area contributed by atoms with Crippen molar-refractivity contribution in [3.05, 3.63) is 59.9 Å². The zero-order valence-electron chi connectivity index (χ0n) is 21.1. The van der Waals surface area contributed by atoms with Crippen LogP contribution in [0.1, 0.15) is 95.4 Å². The summed E-state index contributed by atoms with van der Waals surface area (Å²) in [5.41, 5.74) is 4.62. The van der Waals surface area contributed by atoms with Crippen LogP contribution in [0.15, 0.2) is 48.5 Å². The summed E-state index contributed by atoms with van der Waals surface area (Å²) < 4.78 is 2.40. The van der Waals surface area contributed by atoms with Gasteiger partial charge in [0.05, 0.1) is 11.0 Å². The highest BCUT2D eigenvalue weighted by Crippen LogP contribution is 2.33. The highest BCUT2D eigenvalue weighted by molar-refractivity contribution is 5.96. The molecule has 1 unspecified atom stereocenters. The van der Waals surface area contributed by atoms with E-state index in [0.29, 0.717) is 13.0 Å². The molecule has 0 saturated carbocycles. The van der Waals surface area contributed by atoms with Gasteiger partial charge in [-0.3, -0.25) is 4.79 Å². The molecular weight excluding hydrogens is 418 g/mol. The second-order valence-corrected chi connectivity index (χ2v) is 9.91. The fraction of sp³-hybridized carbons (Fsp3) is 0.533. The number of benzene rings is 2. The molecule has 34 heavy (non-hydrogen) atoms. The lowest BCUT2D eigenvalue weighted by Gasteiger charge is -2.18. The molecule has 4 nitrogen and oxygen atoms in total. The number of fused-ring (bicyclic) bond motifs is 1. The van der Waals surface area contributed by atoms with Crippen LogP contribution in [-0.2, 0) is 17.8 Å². The van der Waals surface area contributed by atoms with Crippen molar-refractivity contribution in [3.63, 3.8) is 0 Å². The maximum Gasteiger partial charge on any atom is 0.227 e. The molecule has 4 heteroatoms. The van der Waals surface area contributed by atoms with Crippen LogP contribution in [0.4, 0.5) is 5.69 Å². The Morgan fingerprint density at radius 1 is 0.853 bits per heavy atom. The number of para-hydroxylation sites is 2. The van der Waals surface area contributed by atoms with E-state index in [9.17, 15) is 4.79 Å². The summed E-state index contributed by atoms with van der Waals surface area (Å²) in [5.74, 6) is 1.44. The number of aryl methyl sites for hydroxylation is 2. The van der Waals surface area contributed by atoms with Crippen LogP contribution in [0, 0.1) is 0 Å². The largest absolute Gasteiger partial charge is 0.328 e. The normalized spacial score (nSPS) is 16.1. The van der Waals surface area contributed by atoms with Gasteiger partial charge in [-0.05, 0) is 49.1 Å². The molecule has 0 radical (unpaired) electrons. The first-order valence-corrected chi connectivity index (χ1v) is 13.6. The topological polar surface area (TPSA) is 38.1 Å². The van der Waals surface area contributed by atoms with Crippen molar-refractivity contribution in [3.8, 4) is 0 Å². The van der Waals surface area contributed by atoms with E-state index in [1.54, 1.807) is 0 Å². The monoisotopic (exact) mass is 459 g/mol. The summed E-state index contributed by atoms with van der Waals surface area (Å²) >= 11 is 0. The molecule has 0 aliphatic carbocycles. The van der Waals surface area contributed by atoms with Gasteiger partial charge in [0.2, 0.25) is 5.91 Å². The van der Waals surface area contributed by atoms with Crippen LogP contribution < -0.4 is 4.90 Å². The number of rotatable bonds is 13. The molecular formula is C30H41N3O. The molecule has 1 amide bonds. The summed E-state index contributed by atoms with van der Waals surface area (Å²) in [7, 11) is 0. The van der Waals surface area contributed by atoms with E-state index in [1.165, 1.54) is 68.9 Å². The second-order valence-electron chi connectivity index (χ2n) is 9.91.